The number of carbonyl (C=O) groups is 1. The molecule has 6 nitrogen and oxygen atoms in total. The van der Waals surface area contributed by atoms with Gasteiger partial charge in [0.15, 0.2) is 0 Å². The Morgan fingerprint density at radius 3 is 2.50 bits per heavy atom. The molecule has 0 radical (unpaired) electrons. The molecule has 6 heteroatoms. The highest BCUT2D eigenvalue weighted by Gasteiger charge is 2.23. The van der Waals surface area contributed by atoms with Crippen LogP contribution in [0.2, 0.25) is 0 Å². The first-order valence-electron chi connectivity index (χ1n) is 8.42. The van der Waals surface area contributed by atoms with Gasteiger partial charge in [0.05, 0.1) is 20.8 Å². The molecule has 2 rings (SSSR count). The first kappa shape index (κ1) is 18.5. The van der Waals surface area contributed by atoms with E-state index < -0.39 is 0 Å². The Balaban J connectivity index is 1.94. The molecule has 1 unspecified atom stereocenters. The number of β-amino-alcohol motifs (C(OH)–C–C–N with tert-alkyl or cyclic N) is 1. The van der Waals surface area contributed by atoms with Crippen molar-refractivity contribution >= 4 is 5.91 Å². The van der Waals surface area contributed by atoms with Crippen molar-refractivity contribution in [2.24, 2.45) is 0 Å². The number of amides is 1. The monoisotopic (exact) mass is 336 g/mol. The number of hydrogen-bond donors (Lipinski definition) is 1. The predicted molar refractivity (Wildman–Crippen MR) is 92.7 cm³/mol. The lowest BCUT2D eigenvalue weighted by Crippen LogP contribution is -2.49. The third kappa shape index (κ3) is 4.61. The lowest BCUT2D eigenvalue weighted by Gasteiger charge is -2.35. The van der Waals surface area contributed by atoms with Crippen LogP contribution < -0.4 is 9.47 Å². The molecule has 1 saturated heterocycles. The van der Waals surface area contributed by atoms with E-state index in [-0.39, 0.29) is 18.4 Å². The summed E-state index contributed by atoms with van der Waals surface area (Å²) in [5.41, 5.74) is 1.02. The van der Waals surface area contributed by atoms with Crippen LogP contribution in [0, 0.1) is 0 Å². The van der Waals surface area contributed by atoms with Crippen LogP contribution in [-0.2, 0) is 4.79 Å². The van der Waals surface area contributed by atoms with E-state index in [0.29, 0.717) is 13.0 Å². The maximum absolute atomic E-state index is 12.6. The van der Waals surface area contributed by atoms with Gasteiger partial charge in [-0.3, -0.25) is 9.69 Å². The highest BCUT2D eigenvalue weighted by atomic mass is 16.5. The number of hydrogen-bond acceptors (Lipinski definition) is 5. The molecule has 1 aromatic carbocycles. The largest absolute Gasteiger partial charge is 0.497 e. The van der Waals surface area contributed by atoms with E-state index in [0.717, 1.165) is 43.2 Å². The van der Waals surface area contributed by atoms with Crippen LogP contribution in [0.4, 0.5) is 0 Å². The molecule has 134 valence electrons. The lowest BCUT2D eigenvalue weighted by molar-refractivity contribution is -0.133. The molecule has 24 heavy (non-hydrogen) atoms. The maximum atomic E-state index is 12.6. The van der Waals surface area contributed by atoms with Gasteiger partial charge in [0, 0.05) is 45.2 Å². The number of benzene rings is 1. The summed E-state index contributed by atoms with van der Waals surface area (Å²) in [6.45, 7) is 6.00. The quantitative estimate of drug-likeness (QED) is 0.814. The van der Waals surface area contributed by atoms with Gasteiger partial charge < -0.3 is 19.5 Å². The molecule has 0 bridgehead atoms. The third-order valence-corrected chi connectivity index (χ3v) is 4.59. The van der Waals surface area contributed by atoms with E-state index in [1.165, 1.54) is 0 Å². The summed E-state index contributed by atoms with van der Waals surface area (Å²) in [5.74, 6) is 1.74. The Morgan fingerprint density at radius 2 is 1.92 bits per heavy atom. The summed E-state index contributed by atoms with van der Waals surface area (Å²) in [7, 11) is 3.25. The van der Waals surface area contributed by atoms with E-state index in [4.69, 9.17) is 14.6 Å². The zero-order valence-corrected chi connectivity index (χ0v) is 14.8. The van der Waals surface area contributed by atoms with Gasteiger partial charge in [-0.05, 0) is 17.5 Å². The molecular formula is C18H28N2O4. The molecule has 1 amide bonds. The average Bonchev–Trinajstić information content (AvgIpc) is 2.61. The normalized spacial score (nSPS) is 16.8. The number of piperazine rings is 1. The van der Waals surface area contributed by atoms with Crippen molar-refractivity contribution < 1.29 is 19.4 Å². The minimum Gasteiger partial charge on any atom is -0.497 e. The number of ether oxygens (including phenoxy) is 2. The first-order chi connectivity index (χ1) is 11.6. The summed E-state index contributed by atoms with van der Waals surface area (Å²) in [5, 5.41) is 8.98. The van der Waals surface area contributed by atoms with Gasteiger partial charge in [0.2, 0.25) is 5.91 Å². The Hall–Kier alpha value is -1.79. The van der Waals surface area contributed by atoms with E-state index in [1.54, 1.807) is 14.2 Å². The highest BCUT2D eigenvalue weighted by Crippen LogP contribution is 2.32. The minimum absolute atomic E-state index is 0.0776. The zero-order chi connectivity index (χ0) is 17.5. The molecule has 0 saturated carbocycles. The molecule has 0 aliphatic carbocycles. The highest BCUT2D eigenvalue weighted by molar-refractivity contribution is 5.77. The van der Waals surface area contributed by atoms with E-state index in [9.17, 15) is 4.79 Å². The fourth-order valence-electron chi connectivity index (χ4n) is 3.09. The van der Waals surface area contributed by atoms with Crippen LogP contribution in [-0.4, -0.2) is 74.4 Å². The Bertz CT molecular complexity index is 542. The number of rotatable bonds is 7. The second kappa shape index (κ2) is 8.89. The van der Waals surface area contributed by atoms with Crippen molar-refractivity contribution in [3.05, 3.63) is 23.8 Å². The summed E-state index contributed by atoms with van der Waals surface area (Å²) in [6.07, 6.45) is 0.461. The Kier molecular flexibility index (Phi) is 6.87. The number of aliphatic hydroxyl groups excluding tert-OH is 1. The van der Waals surface area contributed by atoms with Gasteiger partial charge in [-0.25, -0.2) is 0 Å². The molecule has 0 spiro atoms. The number of carbonyl (C=O) groups excluding carboxylic acids is 1. The first-order valence-corrected chi connectivity index (χ1v) is 8.42. The molecule has 1 aliphatic rings. The molecule has 1 N–H and O–H groups in total. The van der Waals surface area contributed by atoms with Crippen LogP contribution in [0.1, 0.15) is 24.8 Å². The number of methoxy groups -OCH3 is 2. The SMILES string of the molecule is COc1ccc(C(C)CC(=O)N2CCN(CCO)CC2)c(OC)c1. The van der Waals surface area contributed by atoms with Crippen LogP contribution in [0.5, 0.6) is 11.5 Å². The zero-order valence-electron chi connectivity index (χ0n) is 14.8. The van der Waals surface area contributed by atoms with Crippen molar-refractivity contribution in [2.75, 3.05) is 53.6 Å². The molecule has 1 aromatic rings. The van der Waals surface area contributed by atoms with E-state index >= 15 is 0 Å². The summed E-state index contributed by atoms with van der Waals surface area (Å²) < 4.78 is 10.7. The number of nitrogens with zero attached hydrogens (tertiary/aromatic N) is 2. The fraction of sp³-hybridized carbons (Fsp3) is 0.611. The fourth-order valence-corrected chi connectivity index (χ4v) is 3.09. The summed E-state index contributed by atoms with van der Waals surface area (Å²) in [4.78, 5) is 16.7. The van der Waals surface area contributed by atoms with Crippen molar-refractivity contribution in [1.82, 2.24) is 9.80 Å². The van der Waals surface area contributed by atoms with Gasteiger partial charge in [0.1, 0.15) is 11.5 Å². The van der Waals surface area contributed by atoms with E-state index in [2.05, 4.69) is 4.90 Å². The van der Waals surface area contributed by atoms with Crippen molar-refractivity contribution in [2.45, 2.75) is 19.3 Å². The van der Waals surface area contributed by atoms with Crippen LogP contribution in [0.15, 0.2) is 18.2 Å². The standard InChI is InChI=1S/C18H28N2O4/c1-14(16-5-4-15(23-2)13-17(16)24-3)12-18(22)20-8-6-19(7-9-20)10-11-21/h4-5,13-14,21H,6-12H2,1-3H3. The average molecular weight is 336 g/mol. The van der Waals surface area contributed by atoms with Crippen molar-refractivity contribution in [1.29, 1.82) is 0 Å². The molecular weight excluding hydrogens is 308 g/mol. The van der Waals surface area contributed by atoms with Gasteiger partial charge >= 0.3 is 0 Å². The van der Waals surface area contributed by atoms with Crippen LogP contribution in [0.3, 0.4) is 0 Å². The summed E-state index contributed by atoms with van der Waals surface area (Å²) >= 11 is 0. The third-order valence-electron chi connectivity index (χ3n) is 4.59. The molecule has 1 heterocycles. The van der Waals surface area contributed by atoms with E-state index in [1.807, 2.05) is 30.0 Å². The lowest BCUT2D eigenvalue weighted by atomic mass is 9.96. The Labute approximate surface area is 144 Å². The maximum Gasteiger partial charge on any atom is 0.223 e. The van der Waals surface area contributed by atoms with Crippen molar-refractivity contribution in [3.63, 3.8) is 0 Å². The predicted octanol–water partition coefficient (Wildman–Crippen LogP) is 1.33. The summed E-state index contributed by atoms with van der Waals surface area (Å²) in [6, 6.07) is 5.71. The Morgan fingerprint density at radius 1 is 1.21 bits per heavy atom. The van der Waals surface area contributed by atoms with Gasteiger partial charge in [-0.15, -0.1) is 0 Å². The smallest absolute Gasteiger partial charge is 0.223 e. The molecule has 1 fully saturated rings. The molecule has 1 atom stereocenters. The minimum atomic E-state index is 0.0776. The topological polar surface area (TPSA) is 62.2 Å². The van der Waals surface area contributed by atoms with Gasteiger partial charge in [0.25, 0.3) is 0 Å². The number of aliphatic hydroxyl groups is 1. The second-order valence-electron chi connectivity index (χ2n) is 6.16. The second-order valence-corrected chi connectivity index (χ2v) is 6.16. The van der Waals surface area contributed by atoms with Crippen molar-refractivity contribution in [3.8, 4) is 11.5 Å². The van der Waals surface area contributed by atoms with Crippen LogP contribution in [0.25, 0.3) is 0 Å². The van der Waals surface area contributed by atoms with Crippen LogP contribution >= 0.6 is 0 Å². The molecule has 0 aromatic heterocycles. The van der Waals surface area contributed by atoms with Gasteiger partial charge in [-0.1, -0.05) is 13.0 Å². The molecule has 1 aliphatic heterocycles. The van der Waals surface area contributed by atoms with Gasteiger partial charge in [-0.2, -0.15) is 0 Å².